The molecule has 4 N–H and O–H groups in total. The van der Waals surface area contributed by atoms with Gasteiger partial charge in [0.25, 0.3) is 5.56 Å². The summed E-state index contributed by atoms with van der Waals surface area (Å²) in [5.74, 6) is -0.000245. The van der Waals surface area contributed by atoms with Crippen LogP contribution in [0.2, 0.25) is 0 Å². The van der Waals surface area contributed by atoms with Gasteiger partial charge in [-0.05, 0) is 31.5 Å². The van der Waals surface area contributed by atoms with Gasteiger partial charge in [-0.3, -0.25) is 9.78 Å². The molecule has 4 heterocycles. The molecule has 29 heavy (non-hydrogen) atoms. The molecule has 0 saturated carbocycles. The van der Waals surface area contributed by atoms with Crippen molar-refractivity contribution in [1.82, 2.24) is 14.6 Å². The van der Waals surface area contributed by atoms with Crippen LogP contribution in [0.15, 0.2) is 41.2 Å². The average molecular weight is 398 g/mol. The highest BCUT2D eigenvalue weighted by atomic mass is 16.8. The number of anilines is 1. The first kappa shape index (κ1) is 18.3. The van der Waals surface area contributed by atoms with E-state index in [4.69, 9.17) is 19.9 Å². The zero-order valence-corrected chi connectivity index (χ0v) is 16.0. The Labute approximate surface area is 166 Å². The number of fused-ring (bicyclic) bond motifs is 2. The molecule has 9 nitrogen and oxygen atoms in total. The summed E-state index contributed by atoms with van der Waals surface area (Å²) >= 11 is 0. The Kier molecular flexibility index (Phi) is 4.04. The number of aromatic nitrogens is 3. The summed E-state index contributed by atoms with van der Waals surface area (Å²) < 4.78 is 20.2. The molecule has 2 aromatic heterocycles. The first-order valence-corrected chi connectivity index (χ1v) is 9.45. The summed E-state index contributed by atoms with van der Waals surface area (Å²) in [7, 11) is 0. The predicted molar refractivity (Wildman–Crippen MR) is 103 cm³/mol. The highest BCUT2D eigenvalue weighted by Gasteiger charge is 2.62. The highest BCUT2D eigenvalue weighted by Crippen LogP contribution is 2.53. The third-order valence-electron chi connectivity index (χ3n) is 5.82. The molecule has 2 saturated heterocycles. The molecule has 5 atom stereocenters. The number of aromatic amines is 1. The minimum Gasteiger partial charge on any atom is -0.394 e. The molecule has 5 rings (SSSR count). The van der Waals surface area contributed by atoms with Crippen molar-refractivity contribution in [2.75, 3.05) is 12.3 Å². The Morgan fingerprint density at radius 3 is 2.83 bits per heavy atom. The Morgan fingerprint density at radius 2 is 2.07 bits per heavy atom. The molecule has 0 spiro atoms. The van der Waals surface area contributed by atoms with E-state index < -0.39 is 30.2 Å². The topological polar surface area (TPSA) is 124 Å². The van der Waals surface area contributed by atoms with Crippen molar-refractivity contribution in [3.05, 3.63) is 63.6 Å². The van der Waals surface area contributed by atoms with Crippen LogP contribution in [-0.4, -0.2) is 44.1 Å². The van der Waals surface area contributed by atoms with Crippen LogP contribution in [0.5, 0.6) is 0 Å². The van der Waals surface area contributed by atoms with E-state index in [0.717, 1.165) is 11.1 Å². The quantitative estimate of drug-likeness (QED) is 0.606. The smallest absolute Gasteiger partial charge is 0.276 e. The van der Waals surface area contributed by atoms with Crippen LogP contribution in [0.3, 0.4) is 0 Å². The van der Waals surface area contributed by atoms with Crippen LogP contribution in [0.25, 0.3) is 5.52 Å². The zero-order chi connectivity index (χ0) is 20.3. The molecule has 3 aromatic rings. The standard InChI is InChI=1S/C20H22N4O5/c1-10-5-3-4-6-11(10)18-28-16-14(9-25)27-15(20(16,2)29-18)12-7-8-13-17(26)22-19(21)23-24(12)13/h3-8,14-16,18,25H,9H2,1-2H3,(H3,21,22,23,26)/t14-,15+,16-,18?,20+/m1/s1. The van der Waals surface area contributed by atoms with Crippen LogP contribution >= 0.6 is 0 Å². The van der Waals surface area contributed by atoms with Crippen LogP contribution in [0.4, 0.5) is 5.95 Å². The molecular weight excluding hydrogens is 376 g/mol. The lowest BCUT2D eigenvalue weighted by Gasteiger charge is -2.27. The average Bonchev–Trinajstić information content (AvgIpc) is 3.32. The third-order valence-corrected chi connectivity index (χ3v) is 5.82. The zero-order valence-electron chi connectivity index (χ0n) is 16.0. The maximum Gasteiger partial charge on any atom is 0.276 e. The van der Waals surface area contributed by atoms with E-state index in [1.807, 2.05) is 38.1 Å². The number of hydrogen-bond acceptors (Lipinski definition) is 7. The predicted octanol–water partition coefficient (Wildman–Crippen LogP) is 1.22. The van der Waals surface area contributed by atoms with Crippen LogP contribution in [-0.2, 0) is 14.2 Å². The Hall–Kier alpha value is -2.72. The van der Waals surface area contributed by atoms with Crippen molar-refractivity contribution >= 4 is 11.5 Å². The maximum atomic E-state index is 12.2. The minimum atomic E-state index is -0.895. The van der Waals surface area contributed by atoms with E-state index in [9.17, 15) is 9.90 Å². The second kappa shape index (κ2) is 6.39. The molecule has 0 bridgehead atoms. The van der Waals surface area contributed by atoms with Gasteiger partial charge in [0.1, 0.15) is 29.4 Å². The number of nitrogens with two attached hydrogens (primary N) is 1. The summed E-state index contributed by atoms with van der Waals surface area (Å²) in [5, 5.41) is 14.1. The van der Waals surface area contributed by atoms with Crippen LogP contribution < -0.4 is 11.3 Å². The van der Waals surface area contributed by atoms with Crippen molar-refractivity contribution in [3.63, 3.8) is 0 Å². The highest BCUT2D eigenvalue weighted by molar-refractivity contribution is 5.48. The van der Waals surface area contributed by atoms with Gasteiger partial charge in [-0.15, -0.1) is 5.10 Å². The third kappa shape index (κ3) is 2.62. The number of rotatable bonds is 3. The van der Waals surface area contributed by atoms with E-state index in [1.165, 1.54) is 4.52 Å². The number of nitrogens with one attached hydrogen (secondary N) is 1. The Morgan fingerprint density at radius 1 is 1.28 bits per heavy atom. The van der Waals surface area contributed by atoms with Crippen molar-refractivity contribution in [3.8, 4) is 0 Å². The van der Waals surface area contributed by atoms with E-state index in [0.29, 0.717) is 11.2 Å². The fraction of sp³-hybridized carbons (Fsp3) is 0.400. The number of hydrogen-bond donors (Lipinski definition) is 3. The lowest BCUT2D eigenvalue weighted by Crippen LogP contribution is -2.40. The first-order valence-electron chi connectivity index (χ1n) is 9.45. The summed E-state index contributed by atoms with van der Waals surface area (Å²) in [4.78, 5) is 14.7. The van der Waals surface area contributed by atoms with Gasteiger partial charge < -0.3 is 25.1 Å². The van der Waals surface area contributed by atoms with Crippen molar-refractivity contribution in [1.29, 1.82) is 0 Å². The molecule has 1 unspecified atom stereocenters. The van der Waals surface area contributed by atoms with Gasteiger partial charge in [0, 0.05) is 5.56 Å². The number of aryl methyl sites for hydroxylation is 1. The molecule has 1 aromatic carbocycles. The molecule has 152 valence electrons. The number of ether oxygens (including phenoxy) is 3. The largest absolute Gasteiger partial charge is 0.394 e. The Bertz CT molecular complexity index is 1140. The molecule has 2 aliphatic rings. The lowest BCUT2D eigenvalue weighted by molar-refractivity contribution is -0.158. The van der Waals surface area contributed by atoms with Gasteiger partial charge in [0.15, 0.2) is 6.29 Å². The maximum absolute atomic E-state index is 12.2. The monoisotopic (exact) mass is 398 g/mol. The van der Waals surface area contributed by atoms with Crippen molar-refractivity contribution in [2.45, 2.75) is 44.1 Å². The van der Waals surface area contributed by atoms with Gasteiger partial charge in [0.05, 0.1) is 12.3 Å². The van der Waals surface area contributed by atoms with Gasteiger partial charge in [-0.25, -0.2) is 4.52 Å². The number of nitrogen functional groups attached to an aromatic ring is 1. The molecule has 0 radical (unpaired) electrons. The van der Waals surface area contributed by atoms with E-state index in [1.54, 1.807) is 12.1 Å². The fourth-order valence-corrected chi connectivity index (χ4v) is 4.37. The van der Waals surface area contributed by atoms with Crippen molar-refractivity contribution in [2.24, 2.45) is 0 Å². The molecule has 9 heteroatoms. The fourth-order valence-electron chi connectivity index (χ4n) is 4.37. The van der Waals surface area contributed by atoms with Gasteiger partial charge in [-0.2, -0.15) is 0 Å². The molecule has 2 aliphatic heterocycles. The molecule has 0 aliphatic carbocycles. The number of aliphatic hydroxyl groups excluding tert-OH is 1. The number of nitrogens with zero attached hydrogens (tertiary/aromatic N) is 2. The number of H-pyrrole nitrogens is 1. The van der Waals surface area contributed by atoms with Crippen LogP contribution in [0.1, 0.15) is 36.1 Å². The molecular formula is C20H22N4O5. The van der Waals surface area contributed by atoms with Gasteiger partial charge in [-0.1, -0.05) is 24.3 Å². The lowest BCUT2D eigenvalue weighted by atomic mass is 9.91. The van der Waals surface area contributed by atoms with Gasteiger partial charge in [0.2, 0.25) is 5.95 Å². The summed E-state index contributed by atoms with van der Waals surface area (Å²) in [6.07, 6.45) is -2.27. The molecule has 0 amide bonds. The second-order valence-electron chi connectivity index (χ2n) is 7.68. The second-order valence-corrected chi connectivity index (χ2v) is 7.68. The van der Waals surface area contributed by atoms with Crippen molar-refractivity contribution < 1.29 is 19.3 Å². The van der Waals surface area contributed by atoms with Crippen LogP contribution in [0, 0.1) is 6.92 Å². The first-order chi connectivity index (χ1) is 13.9. The summed E-state index contributed by atoms with van der Waals surface area (Å²) in [6.45, 7) is 3.67. The summed E-state index contributed by atoms with van der Waals surface area (Å²) in [6, 6.07) is 11.3. The normalized spacial score (nSPS) is 31.4. The van der Waals surface area contributed by atoms with E-state index in [2.05, 4.69) is 10.1 Å². The number of benzene rings is 1. The minimum absolute atomic E-state index is 0.000245. The van der Waals surface area contributed by atoms with Gasteiger partial charge >= 0.3 is 0 Å². The SMILES string of the molecule is Cc1ccccc1C1O[C@@H]2[C@@H](CO)O[C@@H](c3ccc4c(=O)[nH]c(N)nn34)[C@]2(C)O1. The Balaban J connectivity index is 1.59. The molecule has 2 fully saturated rings. The van der Waals surface area contributed by atoms with E-state index in [-0.39, 0.29) is 18.1 Å². The number of aliphatic hydroxyl groups is 1. The summed E-state index contributed by atoms with van der Waals surface area (Å²) in [5.41, 5.74) is 7.43. The van der Waals surface area contributed by atoms with E-state index >= 15 is 0 Å².